The molecule has 0 aliphatic carbocycles. The van der Waals surface area contributed by atoms with Gasteiger partial charge in [0.05, 0.1) is 47.0 Å². The fourth-order valence-electron chi connectivity index (χ4n) is 8.07. The summed E-state index contributed by atoms with van der Waals surface area (Å²) in [4.78, 5) is 75.6. The summed E-state index contributed by atoms with van der Waals surface area (Å²) in [7, 11) is 1.29. The summed E-state index contributed by atoms with van der Waals surface area (Å²) in [5.74, 6) is 0.690. The molecule has 5 aromatic rings. The lowest BCUT2D eigenvalue weighted by Crippen LogP contribution is -2.51. The molecule has 2 aromatic carbocycles. The Kier molecular flexibility index (Phi) is 10.7. The van der Waals surface area contributed by atoms with Crippen molar-refractivity contribution in [2.24, 2.45) is 11.8 Å². The number of hydrogen-bond acceptors (Lipinski definition) is 8. The summed E-state index contributed by atoms with van der Waals surface area (Å²) < 4.78 is 4.77. The van der Waals surface area contributed by atoms with Crippen LogP contribution in [0.1, 0.15) is 82.7 Å². The van der Waals surface area contributed by atoms with E-state index >= 15 is 0 Å². The molecule has 5 heterocycles. The van der Waals surface area contributed by atoms with E-state index in [0.29, 0.717) is 24.7 Å². The zero-order chi connectivity index (χ0) is 39.8. The predicted molar refractivity (Wildman–Crippen MR) is 210 cm³/mol. The van der Waals surface area contributed by atoms with Gasteiger partial charge in [0.15, 0.2) is 0 Å². The maximum Gasteiger partial charge on any atom is 0.407 e. The highest BCUT2D eigenvalue weighted by Crippen LogP contribution is 2.36. The Balaban J connectivity index is 1.09. The number of carbonyl (C=O) groups excluding carboxylic acids is 3. The van der Waals surface area contributed by atoms with Crippen LogP contribution in [0.3, 0.4) is 0 Å². The number of H-pyrrole nitrogens is 2. The normalized spacial score (nSPS) is 18.2. The Morgan fingerprint density at radius 1 is 0.768 bits per heavy atom. The number of imidazole rings is 2. The van der Waals surface area contributed by atoms with Crippen molar-refractivity contribution in [1.29, 1.82) is 0 Å². The smallest absolute Gasteiger partial charge is 0.407 e. The molecule has 5 N–H and O–H groups in total. The maximum atomic E-state index is 13.6. The molecule has 0 unspecified atom stereocenters. The molecule has 4 amide bonds. The summed E-state index contributed by atoms with van der Waals surface area (Å²) in [6.45, 7) is 10.6. The van der Waals surface area contributed by atoms with Crippen molar-refractivity contribution < 1.29 is 29.0 Å². The average molecular weight is 764 g/mol. The quantitative estimate of drug-likeness (QED) is 0.106. The van der Waals surface area contributed by atoms with Gasteiger partial charge in [-0.15, -0.1) is 0 Å². The van der Waals surface area contributed by atoms with E-state index in [9.17, 15) is 24.3 Å². The van der Waals surface area contributed by atoms with Gasteiger partial charge in [0.25, 0.3) is 0 Å². The second-order valence-corrected chi connectivity index (χ2v) is 15.5. The van der Waals surface area contributed by atoms with Crippen LogP contribution in [-0.2, 0) is 14.3 Å². The number of benzene rings is 2. The Morgan fingerprint density at radius 3 is 1.79 bits per heavy atom. The van der Waals surface area contributed by atoms with Crippen molar-refractivity contribution in [3.05, 3.63) is 65.9 Å². The molecular weight excluding hydrogens is 715 g/mol. The summed E-state index contributed by atoms with van der Waals surface area (Å²) in [5, 5.41) is 14.4. The third-order valence-electron chi connectivity index (χ3n) is 11.0. The number of alkyl carbamates (subject to hydrolysis) is 1. The van der Waals surface area contributed by atoms with Crippen molar-refractivity contribution in [2.75, 3.05) is 20.2 Å². The molecule has 0 radical (unpaired) electrons. The van der Waals surface area contributed by atoms with Crippen molar-refractivity contribution in [3.8, 4) is 22.4 Å². The van der Waals surface area contributed by atoms with Gasteiger partial charge in [-0.2, -0.15) is 0 Å². The van der Waals surface area contributed by atoms with E-state index < -0.39 is 24.3 Å². The Morgan fingerprint density at radius 2 is 1.29 bits per heavy atom. The minimum absolute atomic E-state index is 0.118. The van der Waals surface area contributed by atoms with Crippen LogP contribution in [-0.4, -0.2) is 96.1 Å². The minimum atomic E-state index is -1.22. The molecule has 0 saturated carbocycles. The summed E-state index contributed by atoms with van der Waals surface area (Å²) in [6.07, 6.45) is 3.15. The largest absolute Gasteiger partial charge is 0.465 e. The second kappa shape index (κ2) is 15.6. The molecule has 7 rings (SSSR count). The molecule has 15 nitrogen and oxygen atoms in total. The van der Waals surface area contributed by atoms with Gasteiger partial charge < -0.3 is 40.2 Å². The predicted octanol–water partition coefficient (Wildman–Crippen LogP) is 6.48. The van der Waals surface area contributed by atoms with E-state index in [0.717, 1.165) is 75.7 Å². The number of likely N-dealkylation sites (tertiary alicyclic amines) is 2. The lowest BCUT2D eigenvalue weighted by molar-refractivity contribution is -0.136. The molecule has 0 spiro atoms. The van der Waals surface area contributed by atoms with Gasteiger partial charge in [0, 0.05) is 30.4 Å². The van der Waals surface area contributed by atoms with Crippen molar-refractivity contribution in [2.45, 2.75) is 84.5 Å². The minimum Gasteiger partial charge on any atom is -0.465 e. The number of amides is 4. The van der Waals surface area contributed by atoms with E-state index in [4.69, 9.17) is 19.7 Å². The highest BCUT2D eigenvalue weighted by Gasteiger charge is 2.39. The average Bonchev–Trinajstić information content (AvgIpc) is 3.99. The molecule has 2 fully saturated rings. The van der Waals surface area contributed by atoms with E-state index in [1.165, 1.54) is 7.11 Å². The second-order valence-electron chi connectivity index (χ2n) is 15.5. The van der Waals surface area contributed by atoms with Crippen LogP contribution in [0.2, 0.25) is 0 Å². The van der Waals surface area contributed by atoms with E-state index in [1.54, 1.807) is 4.90 Å². The van der Waals surface area contributed by atoms with Gasteiger partial charge in [0.1, 0.15) is 23.7 Å². The number of pyridine rings is 1. The lowest BCUT2D eigenvalue weighted by atomic mass is 10.0. The van der Waals surface area contributed by atoms with Crippen LogP contribution in [0.15, 0.2) is 48.7 Å². The first-order valence-corrected chi connectivity index (χ1v) is 19.2. The molecule has 15 heteroatoms. The number of hydrogen-bond donors (Lipinski definition) is 5. The third kappa shape index (κ3) is 7.49. The number of ether oxygens (including phenoxy) is 1. The molecule has 2 aliphatic heterocycles. The monoisotopic (exact) mass is 763 g/mol. The molecule has 3 aromatic heterocycles. The zero-order valence-electron chi connectivity index (χ0n) is 32.6. The van der Waals surface area contributed by atoms with E-state index in [1.807, 2.05) is 76.0 Å². The molecule has 2 saturated heterocycles. The van der Waals surface area contributed by atoms with Crippen molar-refractivity contribution in [3.63, 3.8) is 0 Å². The van der Waals surface area contributed by atoms with Gasteiger partial charge in [0.2, 0.25) is 11.8 Å². The molecule has 294 valence electrons. The molecule has 4 atom stereocenters. The fraction of sp³-hybridized carbons (Fsp3) is 0.439. The first-order chi connectivity index (χ1) is 26.8. The highest BCUT2D eigenvalue weighted by molar-refractivity contribution is 5.88. The molecular formula is C41H49N9O6. The number of methoxy groups -OCH3 is 1. The third-order valence-corrected chi connectivity index (χ3v) is 11.0. The van der Waals surface area contributed by atoms with Gasteiger partial charge in [-0.25, -0.2) is 19.6 Å². The lowest BCUT2D eigenvalue weighted by Gasteiger charge is -2.29. The summed E-state index contributed by atoms with van der Waals surface area (Å²) in [6, 6.07) is 12.1. The SMILES string of the molecule is COC(=O)N[C@H](C(=O)N1CCC[C@H]1c1nc2ccc(-c3cnc(-c4ccc5nc([C@@H]6CCCN6C(=O)[C@@H](NC(=O)O)C(C)C)[nH]c5c4)c(C)c3)cc2[nH]1)C(C)C. The highest BCUT2D eigenvalue weighted by atomic mass is 16.5. The van der Waals surface area contributed by atoms with Gasteiger partial charge in [-0.1, -0.05) is 39.8 Å². The number of aromatic nitrogens is 5. The van der Waals surface area contributed by atoms with Gasteiger partial charge in [-0.3, -0.25) is 14.6 Å². The topological polar surface area (TPSA) is 199 Å². The number of nitrogens with zero attached hydrogens (tertiary/aromatic N) is 5. The molecule has 0 bridgehead atoms. The Labute approximate surface area is 324 Å². The number of aryl methyl sites for hydroxylation is 1. The number of carbonyl (C=O) groups is 4. The Bertz CT molecular complexity index is 2300. The Hall–Kier alpha value is -5.99. The van der Waals surface area contributed by atoms with Crippen LogP contribution < -0.4 is 10.6 Å². The number of nitrogens with one attached hydrogen (secondary N) is 4. The maximum absolute atomic E-state index is 13.6. The van der Waals surface area contributed by atoms with Crippen molar-refractivity contribution in [1.82, 2.24) is 45.4 Å². The van der Waals surface area contributed by atoms with Crippen molar-refractivity contribution >= 4 is 46.1 Å². The first-order valence-electron chi connectivity index (χ1n) is 19.2. The van der Waals surface area contributed by atoms with E-state index in [2.05, 4.69) is 32.7 Å². The summed E-state index contributed by atoms with van der Waals surface area (Å²) in [5.41, 5.74) is 7.92. The van der Waals surface area contributed by atoms with Gasteiger partial charge >= 0.3 is 12.2 Å². The van der Waals surface area contributed by atoms with Gasteiger partial charge in [-0.05, 0) is 85.9 Å². The zero-order valence-corrected chi connectivity index (χ0v) is 32.6. The van der Waals surface area contributed by atoms with Crippen LogP contribution in [0, 0.1) is 18.8 Å². The van der Waals surface area contributed by atoms with Crippen LogP contribution in [0.4, 0.5) is 9.59 Å². The number of aromatic amines is 2. The fourth-order valence-corrected chi connectivity index (χ4v) is 8.07. The van der Waals surface area contributed by atoms with Crippen LogP contribution in [0.25, 0.3) is 44.5 Å². The first kappa shape index (κ1) is 38.3. The number of rotatable bonds is 10. The van der Waals surface area contributed by atoms with Crippen LogP contribution >= 0.6 is 0 Å². The number of fused-ring (bicyclic) bond motifs is 2. The molecule has 2 aliphatic rings. The summed E-state index contributed by atoms with van der Waals surface area (Å²) >= 11 is 0. The molecule has 56 heavy (non-hydrogen) atoms. The number of carboxylic acid groups (broad SMARTS) is 1. The van der Waals surface area contributed by atoms with Crippen LogP contribution in [0.5, 0.6) is 0 Å². The van der Waals surface area contributed by atoms with E-state index in [-0.39, 0.29) is 35.7 Å². The standard InChI is InChI=1S/C41H49N9O6/c1-21(2)33(47-40(53)54)38(51)49-15-7-9-31(49)37-44-28-14-12-25(19-30(28)46-37)35-23(5)17-26(20-42-35)24-11-13-27-29(18-24)45-36(43-27)32-10-8-16-50(32)39(52)34(22(3)4)48-41(55)56-6/h11-14,17-22,31-34,47H,7-10,15-16H2,1-6H3,(H,43,45)(H,44,46)(H,48,55)(H,53,54)/t31-,32-,33-,34-/m0/s1.